The zero-order chi connectivity index (χ0) is 14.0. The third-order valence-electron chi connectivity index (χ3n) is 2.69. The first-order valence-corrected chi connectivity index (χ1v) is 5.40. The number of methoxy groups -OCH3 is 1. The number of benzene rings is 2. The van der Waals surface area contributed by atoms with Crippen molar-refractivity contribution in [3.63, 3.8) is 0 Å². The van der Waals surface area contributed by atoms with Gasteiger partial charge in [0.15, 0.2) is 11.6 Å². The number of rotatable bonds is 3. The lowest BCUT2D eigenvalue weighted by molar-refractivity contribution is 0.0693. The molecule has 0 atom stereocenters. The largest absolute Gasteiger partial charge is 0.494 e. The van der Waals surface area contributed by atoms with Crippen molar-refractivity contribution in [1.82, 2.24) is 0 Å². The van der Waals surface area contributed by atoms with Crippen molar-refractivity contribution in [2.45, 2.75) is 0 Å². The Morgan fingerprint density at radius 1 is 1.16 bits per heavy atom. The van der Waals surface area contributed by atoms with E-state index in [9.17, 15) is 13.6 Å². The standard InChI is InChI=1S/C14H10F2O3/c1-19-12-6-5-8(7-11(12)16)9-3-2-4-10(15)13(9)14(17)18/h2-7H,1H3,(H,17,18). The van der Waals surface area contributed by atoms with E-state index in [0.717, 1.165) is 12.1 Å². The summed E-state index contributed by atoms with van der Waals surface area (Å²) < 4.78 is 31.9. The lowest BCUT2D eigenvalue weighted by Crippen LogP contribution is -2.03. The van der Waals surface area contributed by atoms with E-state index in [-0.39, 0.29) is 16.9 Å². The number of ether oxygens (including phenoxy) is 1. The Morgan fingerprint density at radius 3 is 2.47 bits per heavy atom. The van der Waals surface area contributed by atoms with Crippen LogP contribution in [0, 0.1) is 11.6 Å². The summed E-state index contributed by atoms with van der Waals surface area (Å²) in [5.74, 6) is -2.86. The second-order valence-electron chi connectivity index (χ2n) is 3.82. The van der Waals surface area contributed by atoms with E-state index < -0.39 is 23.2 Å². The van der Waals surface area contributed by atoms with Crippen LogP contribution in [-0.4, -0.2) is 18.2 Å². The van der Waals surface area contributed by atoms with Gasteiger partial charge in [0.1, 0.15) is 11.4 Å². The number of hydrogen-bond acceptors (Lipinski definition) is 2. The molecule has 0 aliphatic carbocycles. The Labute approximate surface area is 108 Å². The molecule has 0 saturated heterocycles. The highest BCUT2D eigenvalue weighted by molar-refractivity contribution is 5.96. The van der Waals surface area contributed by atoms with Crippen molar-refractivity contribution in [3.8, 4) is 16.9 Å². The minimum absolute atomic E-state index is 0.0389. The fourth-order valence-electron chi connectivity index (χ4n) is 1.82. The molecule has 0 heterocycles. The monoisotopic (exact) mass is 264 g/mol. The van der Waals surface area contributed by atoms with Gasteiger partial charge >= 0.3 is 5.97 Å². The van der Waals surface area contributed by atoms with E-state index in [1.54, 1.807) is 0 Å². The predicted molar refractivity (Wildman–Crippen MR) is 65.3 cm³/mol. The third-order valence-corrected chi connectivity index (χ3v) is 2.69. The van der Waals surface area contributed by atoms with Gasteiger partial charge in [-0.1, -0.05) is 18.2 Å². The summed E-state index contributed by atoms with van der Waals surface area (Å²) in [6, 6.07) is 7.80. The van der Waals surface area contributed by atoms with Crippen LogP contribution >= 0.6 is 0 Å². The molecular weight excluding hydrogens is 254 g/mol. The fraction of sp³-hybridized carbons (Fsp3) is 0.0714. The van der Waals surface area contributed by atoms with Crippen LogP contribution in [0.5, 0.6) is 5.75 Å². The van der Waals surface area contributed by atoms with Crippen LogP contribution in [0.3, 0.4) is 0 Å². The fourth-order valence-corrected chi connectivity index (χ4v) is 1.82. The molecule has 0 unspecified atom stereocenters. The molecule has 2 aromatic carbocycles. The summed E-state index contributed by atoms with van der Waals surface area (Å²) >= 11 is 0. The summed E-state index contributed by atoms with van der Waals surface area (Å²) in [5, 5.41) is 9.02. The lowest BCUT2D eigenvalue weighted by Gasteiger charge is -2.09. The van der Waals surface area contributed by atoms with Crippen molar-refractivity contribution in [2.75, 3.05) is 7.11 Å². The van der Waals surface area contributed by atoms with Gasteiger partial charge in [-0.2, -0.15) is 0 Å². The van der Waals surface area contributed by atoms with Crippen molar-refractivity contribution < 1.29 is 23.4 Å². The van der Waals surface area contributed by atoms with Crippen LogP contribution in [0.2, 0.25) is 0 Å². The van der Waals surface area contributed by atoms with Gasteiger partial charge in [-0.3, -0.25) is 0 Å². The lowest BCUT2D eigenvalue weighted by atomic mass is 9.99. The van der Waals surface area contributed by atoms with Gasteiger partial charge in [0, 0.05) is 0 Å². The molecule has 98 valence electrons. The zero-order valence-corrected chi connectivity index (χ0v) is 9.98. The Balaban J connectivity index is 2.62. The molecule has 0 aliphatic rings. The second kappa shape index (κ2) is 5.06. The first-order chi connectivity index (χ1) is 9.04. The minimum atomic E-state index is -1.40. The maximum atomic E-state index is 13.6. The van der Waals surface area contributed by atoms with Crippen LogP contribution in [-0.2, 0) is 0 Å². The van der Waals surface area contributed by atoms with Crippen LogP contribution in [0.15, 0.2) is 36.4 Å². The molecule has 3 nitrogen and oxygen atoms in total. The molecule has 5 heteroatoms. The van der Waals surface area contributed by atoms with Gasteiger partial charge in [-0.15, -0.1) is 0 Å². The smallest absolute Gasteiger partial charge is 0.339 e. The van der Waals surface area contributed by atoms with Crippen molar-refractivity contribution >= 4 is 5.97 Å². The van der Waals surface area contributed by atoms with Crippen LogP contribution in [0.25, 0.3) is 11.1 Å². The van der Waals surface area contributed by atoms with E-state index >= 15 is 0 Å². The van der Waals surface area contributed by atoms with E-state index in [1.165, 1.54) is 31.4 Å². The molecule has 0 amide bonds. The summed E-state index contributed by atoms with van der Waals surface area (Å²) in [7, 11) is 1.32. The van der Waals surface area contributed by atoms with E-state index in [2.05, 4.69) is 0 Å². The molecular formula is C14H10F2O3. The molecule has 0 saturated carbocycles. The first-order valence-electron chi connectivity index (χ1n) is 5.40. The molecule has 2 rings (SSSR count). The minimum Gasteiger partial charge on any atom is -0.494 e. The zero-order valence-electron chi connectivity index (χ0n) is 9.98. The number of halogens is 2. The highest BCUT2D eigenvalue weighted by Crippen LogP contribution is 2.29. The Hall–Kier alpha value is -2.43. The maximum Gasteiger partial charge on any atom is 0.339 e. The average Bonchev–Trinajstić information content (AvgIpc) is 2.37. The van der Waals surface area contributed by atoms with Crippen LogP contribution in [0.4, 0.5) is 8.78 Å². The first kappa shape index (κ1) is 13.0. The van der Waals surface area contributed by atoms with E-state index in [1.807, 2.05) is 0 Å². The van der Waals surface area contributed by atoms with Crippen LogP contribution < -0.4 is 4.74 Å². The molecule has 2 aromatic rings. The second-order valence-corrected chi connectivity index (χ2v) is 3.82. The Morgan fingerprint density at radius 2 is 1.89 bits per heavy atom. The van der Waals surface area contributed by atoms with Crippen molar-refractivity contribution in [2.24, 2.45) is 0 Å². The number of carbonyl (C=O) groups is 1. The number of carboxylic acid groups (broad SMARTS) is 1. The normalized spacial score (nSPS) is 10.3. The Kier molecular flexibility index (Phi) is 3.46. The van der Waals surface area contributed by atoms with Gasteiger partial charge < -0.3 is 9.84 Å². The van der Waals surface area contributed by atoms with Gasteiger partial charge in [0.25, 0.3) is 0 Å². The molecule has 0 spiro atoms. The van der Waals surface area contributed by atoms with Gasteiger partial charge in [-0.25, -0.2) is 13.6 Å². The summed E-state index contributed by atoms with van der Waals surface area (Å²) in [4.78, 5) is 11.1. The summed E-state index contributed by atoms with van der Waals surface area (Å²) in [6.07, 6.45) is 0. The molecule has 0 fully saturated rings. The summed E-state index contributed by atoms with van der Waals surface area (Å²) in [5.41, 5.74) is -0.0867. The highest BCUT2D eigenvalue weighted by atomic mass is 19.1. The number of aromatic carboxylic acids is 1. The highest BCUT2D eigenvalue weighted by Gasteiger charge is 2.17. The van der Waals surface area contributed by atoms with Crippen LogP contribution in [0.1, 0.15) is 10.4 Å². The summed E-state index contributed by atoms with van der Waals surface area (Å²) in [6.45, 7) is 0. The SMILES string of the molecule is COc1ccc(-c2cccc(F)c2C(=O)O)cc1F. The molecule has 0 aromatic heterocycles. The molecule has 0 aliphatic heterocycles. The van der Waals surface area contributed by atoms with Gasteiger partial charge in [0.05, 0.1) is 7.11 Å². The van der Waals surface area contributed by atoms with Gasteiger partial charge in [0.2, 0.25) is 0 Å². The van der Waals surface area contributed by atoms with Crippen molar-refractivity contribution in [1.29, 1.82) is 0 Å². The Bertz CT molecular complexity index is 639. The van der Waals surface area contributed by atoms with Crippen molar-refractivity contribution in [3.05, 3.63) is 53.6 Å². The quantitative estimate of drug-likeness (QED) is 0.924. The van der Waals surface area contributed by atoms with E-state index in [4.69, 9.17) is 9.84 Å². The number of hydrogen-bond donors (Lipinski definition) is 1. The predicted octanol–water partition coefficient (Wildman–Crippen LogP) is 3.34. The molecule has 0 bridgehead atoms. The average molecular weight is 264 g/mol. The maximum absolute atomic E-state index is 13.6. The third kappa shape index (κ3) is 2.40. The molecule has 19 heavy (non-hydrogen) atoms. The topological polar surface area (TPSA) is 46.5 Å². The number of carboxylic acids is 1. The molecule has 1 N–H and O–H groups in total. The molecule has 0 radical (unpaired) electrons. The van der Waals surface area contributed by atoms with E-state index in [0.29, 0.717) is 0 Å². The van der Waals surface area contributed by atoms with Gasteiger partial charge in [-0.05, 0) is 29.3 Å².